The molecule has 1 unspecified atom stereocenters. The summed E-state index contributed by atoms with van der Waals surface area (Å²) in [6.45, 7) is 2.22. The summed E-state index contributed by atoms with van der Waals surface area (Å²) in [7, 11) is 2.84. The number of hydrogen-bond acceptors (Lipinski definition) is 5. The van der Waals surface area contributed by atoms with Gasteiger partial charge in [-0.2, -0.15) is 0 Å². The monoisotopic (exact) mass is 296 g/mol. The van der Waals surface area contributed by atoms with E-state index in [2.05, 4.69) is 5.32 Å². The highest BCUT2D eigenvalue weighted by Gasteiger charge is 2.18. The predicted octanol–water partition coefficient (Wildman–Crippen LogP) is 1.33. The Hall–Kier alpha value is -2.28. The van der Waals surface area contributed by atoms with E-state index in [1.165, 1.54) is 26.4 Å². The van der Waals surface area contributed by atoms with Crippen molar-refractivity contribution >= 4 is 17.6 Å². The maximum atomic E-state index is 11.9. The minimum Gasteiger partial charge on any atom is -0.493 e. The first-order valence-corrected chi connectivity index (χ1v) is 6.42. The van der Waals surface area contributed by atoms with Crippen molar-refractivity contribution in [3.05, 3.63) is 17.7 Å². The highest BCUT2D eigenvalue weighted by atomic mass is 16.5. The van der Waals surface area contributed by atoms with Gasteiger partial charge in [-0.3, -0.25) is 4.79 Å². The number of hydrogen-bond donors (Lipinski definition) is 3. The van der Waals surface area contributed by atoms with Crippen LogP contribution >= 0.6 is 0 Å². The number of benzene rings is 1. The molecule has 116 valence electrons. The Bertz CT molecular complexity index is 530. The highest BCUT2D eigenvalue weighted by molar-refractivity contribution is 6.01. The lowest BCUT2D eigenvalue weighted by molar-refractivity contribution is -0.116. The van der Waals surface area contributed by atoms with E-state index in [9.17, 15) is 14.7 Å². The maximum absolute atomic E-state index is 11.9. The van der Waals surface area contributed by atoms with Crippen LogP contribution in [0.5, 0.6) is 11.5 Å². The summed E-state index contributed by atoms with van der Waals surface area (Å²) in [6.07, 6.45) is 0.212. The molecule has 0 aromatic heterocycles. The summed E-state index contributed by atoms with van der Waals surface area (Å²) >= 11 is 0. The average molecular weight is 296 g/mol. The number of nitrogens with one attached hydrogen (secondary N) is 1. The summed E-state index contributed by atoms with van der Waals surface area (Å²) in [6, 6.07) is 2.73. The fourth-order valence-corrected chi connectivity index (χ4v) is 1.76. The molecule has 0 bridgehead atoms. The molecule has 0 saturated heterocycles. The zero-order chi connectivity index (χ0) is 16.0. The van der Waals surface area contributed by atoms with Gasteiger partial charge in [0.25, 0.3) is 0 Å². The summed E-state index contributed by atoms with van der Waals surface area (Å²) in [5, 5.41) is 11.8. The van der Waals surface area contributed by atoms with Gasteiger partial charge in [0, 0.05) is 18.6 Å². The molecule has 7 heteroatoms. The molecule has 0 heterocycles. The van der Waals surface area contributed by atoms with Crippen LogP contribution in [0.4, 0.5) is 5.69 Å². The Morgan fingerprint density at radius 3 is 2.33 bits per heavy atom. The fraction of sp³-hybridized carbons (Fsp3) is 0.429. The van der Waals surface area contributed by atoms with Crippen LogP contribution in [-0.2, 0) is 4.79 Å². The molecule has 7 nitrogen and oxygen atoms in total. The Morgan fingerprint density at radius 1 is 1.29 bits per heavy atom. The van der Waals surface area contributed by atoms with Gasteiger partial charge in [0.2, 0.25) is 5.91 Å². The molecule has 21 heavy (non-hydrogen) atoms. The normalized spacial score (nSPS) is 11.6. The van der Waals surface area contributed by atoms with E-state index < -0.39 is 5.97 Å². The Kier molecular flexibility index (Phi) is 5.98. The number of methoxy groups -OCH3 is 2. The number of nitrogens with two attached hydrogens (primary N) is 1. The van der Waals surface area contributed by atoms with Gasteiger partial charge in [-0.1, -0.05) is 6.92 Å². The molecular formula is C14H20N2O5. The SMILES string of the molecule is COc1cc(NC(=O)CC(C)CN)c(C(=O)O)cc1OC. The topological polar surface area (TPSA) is 111 Å². The van der Waals surface area contributed by atoms with Crippen LogP contribution in [-0.4, -0.2) is 37.7 Å². The van der Waals surface area contributed by atoms with E-state index in [4.69, 9.17) is 15.2 Å². The van der Waals surface area contributed by atoms with Gasteiger partial charge >= 0.3 is 5.97 Å². The molecule has 0 fully saturated rings. The zero-order valence-corrected chi connectivity index (χ0v) is 12.3. The molecule has 1 aromatic rings. The van der Waals surface area contributed by atoms with Crippen LogP contribution in [0, 0.1) is 5.92 Å². The molecule has 0 radical (unpaired) electrons. The predicted molar refractivity (Wildman–Crippen MR) is 78.0 cm³/mol. The minimum atomic E-state index is -1.17. The number of anilines is 1. The van der Waals surface area contributed by atoms with Crippen molar-refractivity contribution in [3.63, 3.8) is 0 Å². The molecule has 4 N–H and O–H groups in total. The van der Waals surface area contributed by atoms with E-state index in [0.717, 1.165) is 0 Å². The minimum absolute atomic E-state index is 0.0124. The second-order valence-electron chi connectivity index (χ2n) is 4.65. The zero-order valence-electron chi connectivity index (χ0n) is 12.3. The second-order valence-corrected chi connectivity index (χ2v) is 4.65. The number of ether oxygens (including phenoxy) is 2. The number of carbonyl (C=O) groups excluding carboxylic acids is 1. The molecule has 1 aromatic carbocycles. The molecule has 0 aliphatic rings. The van der Waals surface area contributed by atoms with E-state index in [1.807, 2.05) is 6.92 Å². The third-order valence-corrected chi connectivity index (χ3v) is 2.96. The lowest BCUT2D eigenvalue weighted by atomic mass is 10.1. The average Bonchev–Trinajstić information content (AvgIpc) is 2.45. The number of amides is 1. The van der Waals surface area contributed by atoms with Gasteiger partial charge in [-0.05, 0) is 12.5 Å². The largest absolute Gasteiger partial charge is 0.493 e. The van der Waals surface area contributed by atoms with E-state index in [0.29, 0.717) is 12.3 Å². The molecule has 0 spiro atoms. The van der Waals surface area contributed by atoms with Gasteiger partial charge in [-0.25, -0.2) is 4.79 Å². The van der Waals surface area contributed by atoms with Crippen LogP contribution in [0.3, 0.4) is 0 Å². The van der Waals surface area contributed by atoms with Crippen LogP contribution in [0.1, 0.15) is 23.7 Å². The molecule has 1 amide bonds. The lowest BCUT2D eigenvalue weighted by Gasteiger charge is -2.14. The van der Waals surface area contributed by atoms with Gasteiger partial charge in [-0.15, -0.1) is 0 Å². The van der Waals surface area contributed by atoms with Crippen LogP contribution in [0.15, 0.2) is 12.1 Å². The van der Waals surface area contributed by atoms with Gasteiger partial charge in [0.15, 0.2) is 11.5 Å². The maximum Gasteiger partial charge on any atom is 0.337 e. The van der Waals surface area contributed by atoms with Crippen molar-refractivity contribution < 1.29 is 24.2 Å². The molecule has 0 aliphatic carbocycles. The van der Waals surface area contributed by atoms with Crippen molar-refractivity contribution in [3.8, 4) is 11.5 Å². The lowest BCUT2D eigenvalue weighted by Crippen LogP contribution is -2.21. The third-order valence-electron chi connectivity index (χ3n) is 2.96. The molecule has 0 saturated carbocycles. The number of rotatable bonds is 7. The Labute approximate surface area is 123 Å². The van der Waals surface area contributed by atoms with Crippen LogP contribution in [0.2, 0.25) is 0 Å². The number of carboxylic acids is 1. The highest BCUT2D eigenvalue weighted by Crippen LogP contribution is 2.33. The van der Waals surface area contributed by atoms with Gasteiger partial charge in [0.05, 0.1) is 25.5 Å². The standard InChI is InChI=1S/C14H20N2O5/c1-8(7-15)4-13(17)16-10-6-12(21-3)11(20-2)5-9(10)14(18)19/h5-6,8H,4,7,15H2,1-3H3,(H,16,17)(H,18,19). The Morgan fingerprint density at radius 2 is 1.86 bits per heavy atom. The van der Waals surface area contributed by atoms with Crippen molar-refractivity contribution in [1.82, 2.24) is 0 Å². The van der Waals surface area contributed by atoms with E-state index in [1.54, 1.807) is 0 Å². The van der Waals surface area contributed by atoms with E-state index in [-0.39, 0.29) is 35.2 Å². The van der Waals surface area contributed by atoms with Crippen molar-refractivity contribution in [1.29, 1.82) is 0 Å². The number of aromatic carboxylic acids is 1. The Balaban J connectivity index is 3.09. The summed E-state index contributed by atoms with van der Waals surface area (Å²) in [5.74, 6) is -0.841. The summed E-state index contributed by atoms with van der Waals surface area (Å²) in [5.41, 5.74) is 5.56. The molecule has 0 aliphatic heterocycles. The third kappa shape index (κ3) is 4.35. The van der Waals surface area contributed by atoms with Crippen LogP contribution in [0.25, 0.3) is 0 Å². The molecule has 1 rings (SSSR count). The first-order valence-electron chi connectivity index (χ1n) is 6.42. The second kappa shape index (κ2) is 7.49. The van der Waals surface area contributed by atoms with Crippen molar-refractivity contribution in [2.45, 2.75) is 13.3 Å². The van der Waals surface area contributed by atoms with Crippen molar-refractivity contribution in [2.75, 3.05) is 26.1 Å². The van der Waals surface area contributed by atoms with E-state index >= 15 is 0 Å². The summed E-state index contributed by atoms with van der Waals surface area (Å²) in [4.78, 5) is 23.2. The number of carbonyl (C=O) groups is 2. The first kappa shape index (κ1) is 16.8. The molecule has 1 atom stereocenters. The quantitative estimate of drug-likeness (QED) is 0.700. The van der Waals surface area contributed by atoms with Gasteiger partial charge < -0.3 is 25.6 Å². The summed E-state index contributed by atoms with van der Waals surface area (Å²) < 4.78 is 10.2. The van der Waals surface area contributed by atoms with Crippen molar-refractivity contribution in [2.24, 2.45) is 11.7 Å². The molecular weight excluding hydrogens is 276 g/mol. The number of carboxylic acid groups (broad SMARTS) is 1. The first-order chi connectivity index (χ1) is 9.92. The van der Waals surface area contributed by atoms with Crippen LogP contribution < -0.4 is 20.5 Å². The smallest absolute Gasteiger partial charge is 0.337 e. The fourth-order valence-electron chi connectivity index (χ4n) is 1.76. The van der Waals surface area contributed by atoms with Gasteiger partial charge in [0.1, 0.15) is 0 Å².